The van der Waals surface area contributed by atoms with Gasteiger partial charge < -0.3 is 10.2 Å². The summed E-state index contributed by atoms with van der Waals surface area (Å²) >= 11 is 0. The molecule has 24 heavy (non-hydrogen) atoms. The van der Waals surface area contributed by atoms with Gasteiger partial charge in [0, 0.05) is 23.8 Å². The first-order chi connectivity index (χ1) is 11.6. The quantitative estimate of drug-likeness (QED) is 0.917. The molecule has 2 fully saturated rings. The highest BCUT2D eigenvalue weighted by Crippen LogP contribution is 2.39. The number of carbonyl (C=O) groups excluding carboxylic acids is 1. The molecule has 1 saturated carbocycles. The number of urea groups is 1. The van der Waals surface area contributed by atoms with E-state index in [0.717, 1.165) is 36.5 Å². The fraction of sp³-hybridized carbons (Fsp3) is 0.389. The zero-order valence-corrected chi connectivity index (χ0v) is 13.5. The lowest BCUT2D eigenvalue weighted by molar-refractivity contribution is 0.0797. The number of carbonyl (C=O) groups is 1. The summed E-state index contributed by atoms with van der Waals surface area (Å²) in [7, 11) is 0. The molecule has 1 N–H and O–H groups in total. The number of halogens is 1. The van der Waals surface area contributed by atoms with Gasteiger partial charge in [-0.1, -0.05) is 12.5 Å². The average Bonchev–Trinajstić information content (AvgIpc) is 2.91. The molecule has 1 saturated heterocycles. The molecule has 1 aromatic heterocycles. The fourth-order valence-electron chi connectivity index (χ4n) is 3.71. The van der Waals surface area contributed by atoms with Crippen molar-refractivity contribution in [2.45, 2.75) is 32.2 Å². The summed E-state index contributed by atoms with van der Waals surface area (Å²) in [6.45, 7) is 2.79. The zero-order valence-electron chi connectivity index (χ0n) is 13.5. The van der Waals surface area contributed by atoms with Crippen molar-refractivity contribution in [1.82, 2.24) is 14.9 Å². The lowest BCUT2D eigenvalue weighted by Gasteiger charge is -2.44. The zero-order chi connectivity index (χ0) is 16.7. The fourth-order valence-corrected chi connectivity index (χ4v) is 3.71. The number of nitrogens with one attached hydrogen (secondary N) is 1. The first kappa shape index (κ1) is 15.1. The maximum Gasteiger partial charge on any atom is 0.322 e. The summed E-state index contributed by atoms with van der Waals surface area (Å²) in [6.07, 6.45) is 5.86. The molecule has 2 aromatic rings. The van der Waals surface area contributed by atoms with Crippen molar-refractivity contribution in [2.75, 3.05) is 11.9 Å². The van der Waals surface area contributed by atoms with Crippen LogP contribution >= 0.6 is 0 Å². The Morgan fingerprint density at radius 3 is 2.83 bits per heavy atom. The van der Waals surface area contributed by atoms with Crippen molar-refractivity contribution in [2.24, 2.45) is 5.92 Å². The van der Waals surface area contributed by atoms with Gasteiger partial charge in [0.05, 0.1) is 12.4 Å². The SMILES string of the molecule is Cc1ccc(NC(=O)N2CC3CCCC32)cc1-c1ncc(F)cn1. The molecule has 4 rings (SSSR count). The summed E-state index contributed by atoms with van der Waals surface area (Å²) in [5.41, 5.74) is 2.46. The normalized spacial score (nSPS) is 22.0. The molecule has 124 valence electrons. The third-order valence-corrected chi connectivity index (χ3v) is 5.06. The minimum absolute atomic E-state index is 0.0482. The Hall–Kier alpha value is -2.50. The van der Waals surface area contributed by atoms with E-state index in [1.807, 2.05) is 30.0 Å². The second-order valence-electron chi connectivity index (χ2n) is 6.60. The van der Waals surface area contributed by atoms with Gasteiger partial charge in [0.15, 0.2) is 11.6 Å². The van der Waals surface area contributed by atoms with E-state index in [9.17, 15) is 9.18 Å². The van der Waals surface area contributed by atoms with E-state index < -0.39 is 5.82 Å². The van der Waals surface area contributed by atoms with Gasteiger partial charge in [0.1, 0.15) is 0 Å². The predicted octanol–water partition coefficient (Wildman–Crippen LogP) is 3.61. The van der Waals surface area contributed by atoms with E-state index in [2.05, 4.69) is 15.3 Å². The number of fused-ring (bicyclic) bond motifs is 1. The van der Waals surface area contributed by atoms with Crippen LogP contribution in [0, 0.1) is 18.7 Å². The first-order valence-corrected chi connectivity index (χ1v) is 8.28. The van der Waals surface area contributed by atoms with Crippen molar-refractivity contribution >= 4 is 11.7 Å². The summed E-state index contributed by atoms with van der Waals surface area (Å²) in [5, 5.41) is 2.96. The number of aromatic nitrogens is 2. The van der Waals surface area contributed by atoms with Crippen LogP contribution in [-0.2, 0) is 0 Å². The number of benzene rings is 1. The molecule has 2 amide bonds. The van der Waals surface area contributed by atoms with Crippen molar-refractivity contribution in [3.63, 3.8) is 0 Å². The Bertz CT molecular complexity index is 777. The molecule has 2 heterocycles. The Morgan fingerprint density at radius 1 is 1.29 bits per heavy atom. The number of aryl methyl sites for hydroxylation is 1. The highest BCUT2D eigenvalue weighted by Gasteiger charge is 2.44. The van der Waals surface area contributed by atoms with Gasteiger partial charge in [-0.2, -0.15) is 0 Å². The predicted molar refractivity (Wildman–Crippen MR) is 89.0 cm³/mol. The van der Waals surface area contributed by atoms with Crippen LogP contribution in [0.3, 0.4) is 0 Å². The molecular weight excluding hydrogens is 307 g/mol. The van der Waals surface area contributed by atoms with Crippen molar-refractivity contribution in [3.05, 3.63) is 42.0 Å². The molecule has 2 aliphatic rings. The molecule has 2 atom stereocenters. The largest absolute Gasteiger partial charge is 0.322 e. The molecule has 0 radical (unpaired) electrons. The van der Waals surface area contributed by atoms with Gasteiger partial charge in [-0.05, 0) is 43.4 Å². The molecule has 1 aliphatic carbocycles. The Balaban J connectivity index is 1.53. The Morgan fingerprint density at radius 2 is 2.08 bits per heavy atom. The number of hydrogen-bond donors (Lipinski definition) is 1. The van der Waals surface area contributed by atoms with Gasteiger partial charge in [-0.15, -0.1) is 0 Å². The summed E-state index contributed by atoms with van der Waals surface area (Å²) in [4.78, 5) is 22.4. The molecule has 6 heteroatoms. The second kappa shape index (κ2) is 5.85. The minimum Gasteiger partial charge on any atom is -0.321 e. The second-order valence-corrected chi connectivity index (χ2v) is 6.60. The first-order valence-electron chi connectivity index (χ1n) is 8.28. The smallest absolute Gasteiger partial charge is 0.321 e. The van der Waals surface area contributed by atoms with E-state index in [1.165, 1.54) is 12.8 Å². The maximum atomic E-state index is 13.0. The van der Waals surface area contributed by atoms with Crippen LogP contribution in [0.5, 0.6) is 0 Å². The van der Waals surface area contributed by atoms with Gasteiger partial charge in [0.2, 0.25) is 0 Å². The number of likely N-dealkylation sites (tertiary alicyclic amines) is 1. The van der Waals surface area contributed by atoms with E-state index in [1.54, 1.807) is 0 Å². The van der Waals surface area contributed by atoms with Gasteiger partial charge in [-0.3, -0.25) is 0 Å². The van der Waals surface area contributed by atoms with E-state index in [-0.39, 0.29) is 6.03 Å². The average molecular weight is 326 g/mol. The molecule has 2 unspecified atom stereocenters. The van der Waals surface area contributed by atoms with Crippen LogP contribution in [0.1, 0.15) is 24.8 Å². The van der Waals surface area contributed by atoms with E-state index in [0.29, 0.717) is 23.5 Å². The van der Waals surface area contributed by atoms with Crippen molar-refractivity contribution in [1.29, 1.82) is 0 Å². The molecular formula is C18H19FN4O. The van der Waals surface area contributed by atoms with Crippen molar-refractivity contribution < 1.29 is 9.18 Å². The van der Waals surface area contributed by atoms with Gasteiger partial charge in [0.25, 0.3) is 0 Å². The third-order valence-electron chi connectivity index (χ3n) is 5.06. The van der Waals surface area contributed by atoms with Crippen molar-refractivity contribution in [3.8, 4) is 11.4 Å². The van der Waals surface area contributed by atoms with Gasteiger partial charge >= 0.3 is 6.03 Å². The summed E-state index contributed by atoms with van der Waals surface area (Å²) in [6, 6.07) is 5.98. The molecule has 0 bridgehead atoms. The molecule has 5 nitrogen and oxygen atoms in total. The van der Waals surface area contributed by atoms with Crippen LogP contribution in [0.25, 0.3) is 11.4 Å². The maximum absolute atomic E-state index is 13.0. The molecule has 0 spiro atoms. The number of rotatable bonds is 2. The number of anilines is 1. The molecule has 1 aromatic carbocycles. The standard InChI is InChI=1S/C18H19FN4O/c1-11-5-6-14(7-15(11)17-20-8-13(19)9-21-17)22-18(24)23-10-12-3-2-4-16(12)23/h5-9,12,16H,2-4,10H2,1H3,(H,22,24). The van der Waals surface area contributed by atoms with E-state index in [4.69, 9.17) is 0 Å². The van der Waals surface area contributed by atoms with Crippen LogP contribution in [0.15, 0.2) is 30.6 Å². The molecule has 1 aliphatic heterocycles. The van der Waals surface area contributed by atoms with Crippen LogP contribution in [0.2, 0.25) is 0 Å². The topological polar surface area (TPSA) is 58.1 Å². The van der Waals surface area contributed by atoms with Crippen LogP contribution < -0.4 is 5.32 Å². The summed E-state index contributed by atoms with van der Waals surface area (Å²) in [5.74, 6) is 0.673. The van der Waals surface area contributed by atoms with E-state index >= 15 is 0 Å². The third kappa shape index (κ3) is 2.62. The Labute approximate surface area is 139 Å². The lowest BCUT2D eigenvalue weighted by atomic mass is 9.92. The summed E-state index contributed by atoms with van der Waals surface area (Å²) < 4.78 is 13.0. The number of hydrogen-bond acceptors (Lipinski definition) is 3. The lowest BCUT2D eigenvalue weighted by Crippen LogP contribution is -2.57. The highest BCUT2D eigenvalue weighted by molar-refractivity contribution is 5.91. The van der Waals surface area contributed by atoms with Gasteiger partial charge in [-0.25, -0.2) is 19.2 Å². The minimum atomic E-state index is -0.468. The Kier molecular flexibility index (Phi) is 3.67. The monoisotopic (exact) mass is 326 g/mol. The number of amides is 2. The highest BCUT2D eigenvalue weighted by atomic mass is 19.1. The van der Waals surface area contributed by atoms with Crippen LogP contribution in [0.4, 0.5) is 14.9 Å². The number of nitrogens with zero attached hydrogens (tertiary/aromatic N) is 3. The van der Waals surface area contributed by atoms with Crippen LogP contribution in [-0.4, -0.2) is 33.5 Å².